The number of likely N-dealkylation sites (N-methyl/N-ethyl adjacent to an activating group) is 1. The maximum atomic E-state index is 13.5. The van der Waals surface area contributed by atoms with Crippen molar-refractivity contribution in [1.29, 1.82) is 0 Å². The smallest absolute Gasteiger partial charge is 0.261 e. The SMILES string of the molecule is CNC(=O)[C@H](Cc1ccccc1)N(Cc1ccc(Cl)c(Cl)c1)C(=O)COc1cc(C)c(Br)c(C)c1. The number of rotatable bonds is 9. The first-order valence-electron chi connectivity index (χ1n) is 11.1. The zero-order valence-electron chi connectivity index (χ0n) is 19.8. The number of halogens is 3. The molecule has 8 heteroatoms. The standard InChI is InChI=1S/C27H27BrCl2N2O3/c1-17-11-21(12-18(2)26(17)28)35-16-25(33)32(15-20-9-10-22(29)23(30)13-20)24(27(34)31-3)14-19-7-5-4-6-8-19/h4-13,24H,14-16H2,1-3H3,(H,31,34)/t24-/m0/s1. The number of nitrogens with one attached hydrogen (secondary N) is 1. The van der Waals surface area contributed by atoms with Crippen LogP contribution in [0.15, 0.2) is 65.1 Å². The van der Waals surface area contributed by atoms with Gasteiger partial charge in [-0.25, -0.2) is 0 Å². The highest BCUT2D eigenvalue weighted by molar-refractivity contribution is 9.10. The van der Waals surface area contributed by atoms with E-state index in [-0.39, 0.29) is 25.0 Å². The Morgan fingerprint density at radius 2 is 1.63 bits per heavy atom. The first-order valence-corrected chi connectivity index (χ1v) is 12.6. The molecule has 0 aliphatic carbocycles. The normalized spacial score (nSPS) is 11.6. The number of benzene rings is 3. The van der Waals surface area contributed by atoms with Gasteiger partial charge in [0, 0.05) is 24.5 Å². The van der Waals surface area contributed by atoms with Crippen LogP contribution in [-0.2, 0) is 22.6 Å². The molecule has 0 fully saturated rings. The van der Waals surface area contributed by atoms with Gasteiger partial charge in [0.25, 0.3) is 5.91 Å². The van der Waals surface area contributed by atoms with E-state index in [0.29, 0.717) is 22.2 Å². The van der Waals surface area contributed by atoms with E-state index in [4.69, 9.17) is 27.9 Å². The molecule has 184 valence electrons. The number of hydrogen-bond acceptors (Lipinski definition) is 3. The van der Waals surface area contributed by atoms with Crippen LogP contribution in [0.1, 0.15) is 22.3 Å². The van der Waals surface area contributed by atoms with Crippen LogP contribution in [0.5, 0.6) is 5.75 Å². The molecule has 1 atom stereocenters. The van der Waals surface area contributed by atoms with Crippen LogP contribution in [0.2, 0.25) is 10.0 Å². The second-order valence-corrected chi connectivity index (χ2v) is 9.86. The van der Waals surface area contributed by atoms with Crippen LogP contribution in [0.4, 0.5) is 0 Å². The fraction of sp³-hybridized carbons (Fsp3) is 0.259. The van der Waals surface area contributed by atoms with Crippen molar-refractivity contribution in [3.05, 3.63) is 97.4 Å². The molecule has 3 aromatic rings. The van der Waals surface area contributed by atoms with Crippen LogP contribution < -0.4 is 10.1 Å². The van der Waals surface area contributed by atoms with Crippen LogP contribution in [0.25, 0.3) is 0 Å². The molecule has 0 radical (unpaired) electrons. The fourth-order valence-corrected chi connectivity index (χ4v) is 4.32. The summed E-state index contributed by atoms with van der Waals surface area (Å²) in [5, 5.41) is 3.50. The van der Waals surface area contributed by atoms with Crippen LogP contribution in [0.3, 0.4) is 0 Å². The maximum Gasteiger partial charge on any atom is 0.261 e. The van der Waals surface area contributed by atoms with E-state index >= 15 is 0 Å². The zero-order chi connectivity index (χ0) is 25.5. The van der Waals surface area contributed by atoms with Gasteiger partial charge in [-0.3, -0.25) is 9.59 Å². The molecular weight excluding hydrogens is 551 g/mol. The third kappa shape index (κ3) is 7.23. The quantitative estimate of drug-likeness (QED) is 0.332. The minimum absolute atomic E-state index is 0.169. The second kappa shape index (κ2) is 12.4. The van der Waals surface area contributed by atoms with Crippen molar-refractivity contribution < 1.29 is 14.3 Å². The molecular formula is C27H27BrCl2N2O3. The van der Waals surface area contributed by atoms with Gasteiger partial charge in [0.1, 0.15) is 11.8 Å². The van der Waals surface area contributed by atoms with E-state index in [1.165, 1.54) is 4.90 Å². The first kappa shape index (κ1) is 27.1. The zero-order valence-corrected chi connectivity index (χ0v) is 22.9. The third-order valence-corrected chi connectivity index (χ3v) is 7.62. The molecule has 0 heterocycles. The summed E-state index contributed by atoms with van der Waals surface area (Å²) in [6.45, 7) is 3.88. The Morgan fingerprint density at radius 1 is 0.971 bits per heavy atom. The summed E-state index contributed by atoms with van der Waals surface area (Å²) in [4.78, 5) is 28.0. The molecule has 35 heavy (non-hydrogen) atoms. The average molecular weight is 578 g/mol. The Labute approximate surface area is 224 Å². The number of aryl methyl sites for hydroxylation is 2. The maximum absolute atomic E-state index is 13.5. The highest BCUT2D eigenvalue weighted by Gasteiger charge is 2.30. The molecule has 0 saturated carbocycles. The number of carbonyl (C=O) groups is 2. The number of nitrogens with zero attached hydrogens (tertiary/aromatic N) is 1. The van der Waals surface area contributed by atoms with Crippen molar-refractivity contribution in [2.24, 2.45) is 0 Å². The second-order valence-electron chi connectivity index (χ2n) is 8.25. The van der Waals surface area contributed by atoms with E-state index in [0.717, 1.165) is 26.7 Å². The Balaban J connectivity index is 1.90. The van der Waals surface area contributed by atoms with E-state index in [9.17, 15) is 9.59 Å². The molecule has 0 aromatic heterocycles. The van der Waals surface area contributed by atoms with E-state index in [1.807, 2.05) is 56.3 Å². The number of hydrogen-bond donors (Lipinski definition) is 1. The van der Waals surface area contributed by atoms with Crippen molar-refractivity contribution >= 4 is 50.9 Å². The molecule has 0 saturated heterocycles. The average Bonchev–Trinajstić information content (AvgIpc) is 2.85. The lowest BCUT2D eigenvalue weighted by molar-refractivity contribution is -0.142. The van der Waals surface area contributed by atoms with Gasteiger partial charge < -0.3 is 15.0 Å². The van der Waals surface area contributed by atoms with Gasteiger partial charge in [-0.15, -0.1) is 0 Å². The van der Waals surface area contributed by atoms with Crippen LogP contribution in [-0.4, -0.2) is 36.4 Å². The van der Waals surface area contributed by atoms with E-state index in [2.05, 4.69) is 21.2 Å². The van der Waals surface area contributed by atoms with Crippen LogP contribution >= 0.6 is 39.1 Å². The number of ether oxygens (including phenoxy) is 1. The topological polar surface area (TPSA) is 58.6 Å². The monoisotopic (exact) mass is 576 g/mol. The summed E-state index contributed by atoms with van der Waals surface area (Å²) in [5.74, 6) is 0.00186. The van der Waals surface area contributed by atoms with Crippen molar-refractivity contribution in [2.45, 2.75) is 32.9 Å². The molecule has 3 rings (SSSR count). The van der Waals surface area contributed by atoms with Gasteiger partial charge in [-0.2, -0.15) is 0 Å². The Morgan fingerprint density at radius 3 is 2.23 bits per heavy atom. The third-order valence-electron chi connectivity index (χ3n) is 5.63. The molecule has 0 aliphatic heterocycles. The Bertz CT molecular complexity index is 1180. The molecule has 0 spiro atoms. The van der Waals surface area contributed by atoms with Crippen molar-refractivity contribution in [2.75, 3.05) is 13.7 Å². The van der Waals surface area contributed by atoms with Gasteiger partial charge in [-0.05, 0) is 60.4 Å². The molecule has 0 aliphatic rings. The largest absolute Gasteiger partial charge is 0.484 e. The number of amides is 2. The summed E-state index contributed by atoms with van der Waals surface area (Å²) in [7, 11) is 1.56. The first-order chi connectivity index (χ1) is 16.7. The Hall–Kier alpha value is -2.54. The lowest BCUT2D eigenvalue weighted by Gasteiger charge is -2.31. The lowest BCUT2D eigenvalue weighted by atomic mass is 10.0. The number of carbonyl (C=O) groups excluding carboxylic acids is 2. The van der Waals surface area contributed by atoms with Gasteiger partial charge in [0.15, 0.2) is 6.61 Å². The van der Waals surface area contributed by atoms with Crippen molar-refractivity contribution in [3.8, 4) is 5.75 Å². The highest BCUT2D eigenvalue weighted by Crippen LogP contribution is 2.27. The Kier molecular flexibility index (Phi) is 9.61. The predicted octanol–water partition coefficient (Wildman–Crippen LogP) is 6.14. The van der Waals surface area contributed by atoms with E-state index in [1.54, 1.807) is 25.2 Å². The van der Waals surface area contributed by atoms with Gasteiger partial charge in [0.05, 0.1) is 10.0 Å². The summed E-state index contributed by atoms with van der Waals surface area (Å²) >= 11 is 15.8. The predicted molar refractivity (Wildman–Crippen MR) is 144 cm³/mol. The minimum atomic E-state index is -0.749. The lowest BCUT2D eigenvalue weighted by Crippen LogP contribution is -2.51. The summed E-state index contributed by atoms with van der Waals surface area (Å²) < 4.78 is 6.87. The minimum Gasteiger partial charge on any atom is -0.484 e. The van der Waals surface area contributed by atoms with Gasteiger partial charge in [-0.1, -0.05) is 75.5 Å². The van der Waals surface area contributed by atoms with Gasteiger partial charge in [0.2, 0.25) is 5.91 Å². The molecule has 3 aromatic carbocycles. The van der Waals surface area contributed by atoms with Crippen molar-refractivity contribution in [3.63, 3.8) is 0 Å². The molecule has 2 amide bonds. The summed E-state index contributed by atoms with van der Waals surface area (Å²) in [6.07, 6.45) is 0.351. The molecule has 1 N–H and O–H groups in total. The molecule has 0 bridgehead atoms. The van der Waals surface area contributed by atoms with Gasteiger partial charge >= 0.3 is 0 Å². The molecule has 0 unspecified atom stereocenters. The van der Waals surface area contributed by atoms with Crippen molar-refractivity contribution in [1.82, 2.24) is 10.2 Å². The summed E-state index contributed by atoms with van der Waals surface area (Å²) in [6, 6.07) is 17.7. The van der Waals surface area contributed by atoms with E-state index < -0.39 is 6.04 Å². The summed E-state index contributed by atoms with van der Waals surface area (Å²) in [5.41, 5.74) is 3.71. The molecule has 5 nitrogen and oxygen atoms in total. The van der Waals surface area contributed by atoms with Crippen LogP contribution in [0, 0.1) is 13.8 Å². The fourth-order valence-electron chi connectivity index (χ4n) is 3.77. The highest BCUT2D eigenvalue weighted by atomic mass is 79.9.